The number of hydrogen-bond acceptors (Lipinski definition) is 7. The van der Waals surface area contributed by atoms with E-state index in [1.54, 1.807) is 72.8 Å². The lowest BCUT2D eigenvalue weighted by atomic mass is 9.66. The standard InChI is InChI=1S/C18H20B3N3O4/c22-16-10-4-1-7-13(16)19(25)27-21(15-9-3-6-12-18(15)24)28-20(26)14-8-2-5-11-17(14)23/h1-12,25-26H,22-24H2. The summed E-state index contributed by atoms with van der Waals surface area (Å²) in [4.78, 5) is 0. The van der Waals surface area contributed by atoms with Crippen molar-refractivity contribution in [2.24, 2.45) is 0 Å². The van der Waals surface area contributed by atoms with Crippen molar-refractivity contribution >= 4 is 54.8 Å². The third-order valence-electron chi connectivity index (χ3n) is 4.28. The first kappa shape index (κ1) is 19.8. The van der Waals surface area contributed by atoms with E-state index in [0.29, 0.717) is 33.5 Å². The predicted octanol–water partition coefficient (Wildman–Crippen LogP) is -1.06. The molecule has 0 aliphatic carbocycles. The van der Waals surface area contributed by atoms with E-state index < -0.39 is 21.4 Å². The van der Waals surface area contributed by atoms with Crippen LogP contribution in [0.25, 0.3) is 0 Å². The molecule has 3 rings (SSSR count). The molecule has 0 aliphatic heterocycles. The van der Waals surface area contributed by atoms with Gasteiger partial charge in [0.15, 0.2) is 0 Å². The first-order chi connectivity index (χ1) is 13.5. The van der Waals surface area contributed by atoms with Gasteiger partial charge in [-0.05, 0) is 18.2 Å². The van der Waals surface area contributed by atoms with E-state index in [1.807, 2.05) is 0 Å². The zero-order valence-electron chi connectivity index (χ0n) is 15.1. The van der Waals surface area contributed by atoms with Gasteiger partial charge in [0.25, 0.3) is 0 Å². The molecule has 3 aromatic rings. The second-order valence-corrected chi connectivity index (χ2v) is 6.20. The molecule has 0 amide bonds. The number of para-hydroxylation sites is 3. The molecule has 0 aromatic heterocycles. The summed E-state index contributed by atoms with van der Waals surface area (Å²) in [5, 5.41) is 21.1. The molecule has 0 heterocycles. The highest BCUT2D eigenvalue weighted by atomic mass is 16.6. The number of anilines is 3. The highest BCUT2D eigenvalue weighted by Gasteiger charge is 2.35. The third-order valence-corrected chi connectivity index (χ3v) is 4.28. The molecule has 3 aromatic carbocycles. The maximum absolute atomic E-state index is 10.5. The van der Waals surface area contributed by atoms with E-state index in [2.05, 4.69) is 0 Å². The van der Waals surface area contributed by atoms with E-state index in [0.717, 1.165) is 0 Å². The van der Waals surface area contributed by atoms with Gasteiger partial charge in [0, 0.05) is 33.5 Å². The maximum Gasteiger partial charge on any atom is 0.479 e. The summed E-state index contributed by atoms with van der Waals surface area (Å²) in [6, 6.07) is 20.4. The summed E-state index contributed by atoms with van der Waals surface area (Å²) in [5.41, 5.74) is 20.2. The predicted molar refractivity (Wildman–Crippen MR) is 115 cm³/mol. The molecule has 0 fully saturated rings. The molecule has 140 valence electrons. The van der Waals surface area contributed by atoms with Crippen molar-refractivity contribution < 1.29 is 19.2 Å². The summed E-state index contributed by atoms with van der Waals surface area (Å²) >= 11 is 0. The van der Waals surface area contributed by atoms with Gasteiger partial charge in [-0.15, -0.1) is 0 Å². The van der Waals surface area contributed by atoms with Gasteiger partial charge in [-0.2, -0.15) is 0 Å². The fraction of sp³-hybridized carbons (Fsp3) is 0. The molecular formula is C18H20B3N3O4. The van der Waals surface area contributed by atoms with Crippen LogP contribution in [0.4, 0.5) is 17.1 Å². The molecule has 0 atom stereocenters. The van der Waals surface area contributed by atoms with Gasteiger partial charge in [0.1, 0.15) is 0 Å². The number of nitrogens with two attached hydrogens (primary N) is 3. The largest absolute Gasteiger partial charge is 0.479 e. The van der Waals surface area contributed by atoms with Crippen LogP contribution >= 0.6 is 0 Å². The maximum atomic E-state index is 10.5. The molecule has 0 saturated heterocycles. The van der Waals surface area contributed by atoms with Gasteiger partial charge in [-0.3, -0.25) is 0 Å². The summed E-state index contributed by atoms with van der Waals surface area (Å²) in [5.74, 6) is 0. The quantitative estimate of drug-likeness (QED) is 0.262. The summed E-state index contributed by atoms with van der Waals surface area (Å²) in [7, 11) is -3.97. The van der Waals surface area contributed by atoms with Crippen molar-refractivity contribution in [1.82, 2.24) is 0 Å². The van der Waals surface area contributed by atoms with E-state index in [9.17, 15) is 10.0 Å². The Morgan fingerprint density at radius 1 is 0.536 bits per heavy atom. The van der Waals surface area contributed by atoms with Gasteiger partial charge in [-0.25, -0.2) is 0 Å². The van der Waals surface area contributed by atoms with Crippen LogP contribution in [0.3, 0.4) is 0 Å². The van der Waals surface area contributed by atoms with Crippen LogP contribution < -0.4 is 33.6 Å². The SMILES string of the molecule is Nc1ccccc1B(O)OB(OB(O)c1ccccc1N)c1ccccc1N. The Morgan fingerprint density at radius 2 is 0.857 bits per heavy atom. The number of hydrogen-bond donors (Lipinski definition) is 5. The van der Waals surface area contributed by atoms with Gasteiger partial charge >= 0.3 is 21.4 Å². The Balaban J connectivity index is 1.89. The van der Waals surface area contributed by atoms with Crippen LogP contribution in [-0.2, 0) is 9.14 Å². The Kier molecular flexibility index (Phi) is 6.28. The second kappa shape index (κ2) is 8.86. The lowest BCUT2D eigenvalue weighted by Gasteiger charge is -2.21. The Morgan fingerprint density at radius 3 is 1.21 bits per heavy atom. The Bertz CT molecular complexity index is 894. The van der Waals surface area contributed by atoms with E-state index in [-0.39, 0.29) is 0 Å². The van der Waals surface area contributed by atoms with Crippen LogP contribution in [0.5, 0.6) is 0 Å². The summed E-state index contributed by atoms with van der Waals surface area (Å²) in [6.45, 7) is 0. The fourth-order valence-corrected chi connectivity index (χ4v) is 2.76. The van der Waals surface area contributed by atoms with Crippen LogP contribution in [0.2, 0.25) is 0 Å². The Labute approximate surface area is 164 Å². The molecule has 10 heteroatoms. The van der Waals surface area contributed by atoms with Crippen molar-refractivity contribution in [1.29, 1.82) is 0 Å². The molecule has 8 N–H and O–H groups in total. The smallest absolute Gasteiger partial charge is 0.444 e. The summed E-state index contributed by atoms with van der Waals surface area (Å²) in [6.07, 6.45) is 0. The molecule has 0 spiro atoms. The van der Waals surface area contributed by atoms with Gasteiger partial charge in [0.05, 0.1) is 0 Å². The average Bonchev–Trinajstić information content (AvgIpc) is 2.68. The monoisotopic (exact) mass is 375 g/mol. The molecule has 0 bridgehead atoms. The molecule has 0 unspecified atom stereocenters. The van der Waals surface area contributed by atoms with Crippen LogP contribution in [-0.4, -0.2) is 31.4 Å². The minimum Gasteiger partial charge on any atom is -0.444 e. The van der Waals surface area contributed by atoms with Crippen LogP contribution in [0, 0.1) is 0 Å². The van der Waals surface area contributed by atoms with Crippen LogP contribution in [0.15, 0.2) is 72.8 Å². The average molecular weight is 375 g/mol. The van der Waals surface area contributed by atoms with Crippen molar-refractivity contribution in [3.05, 3.63) is 72.8 Å². The van der Waals surface area contributed by atoms with Crippen LogP contribution in [0.1, 0.15) is 0 Å². The molecular weight excluding hydrogens is 355 g/mol. The van der Waals surface area contributed by atoms with Crippen molar-refractivity contribution in [2.75, 3.05) is 17.2 Å². The van der Waals surface area contributed by atoms with Crippen molar-refractivity contribution in [3.8, 4) is 0 Å². The zero-order valence-corrected chi connectivity index (χ0v) is 15.1. The van der Waals surface area contributed by atoms with E-state index >= 15 is 0 Å². The normalized spacial score (nSPS) is 10.5. The third kappa shape index (κ3) is 4.49. The lowest BCUT2D eigenvalue weighted by Crippen LogP contribution is -2.52. The summed E-state index contributed by atoms with van der Waals surface area (Å²) < 4.78 is 11.4. The van der Waals surface area contributed by atoms with Gasteiger partial charge in [-0.1, -0.05) is 54.6 Å². The minimum absolute atomic E-state index is 0.364. The topological polar surface area (TPSA) is 137 Å². The molecule has 0 saturated carbocycles. The zero-order chi connectivity index (χ0) is 20.1. The number of rotatable bonds is 7. The minimum atomic E-state index is -1.40. The number of nitrogen functional groups attached to an aromatic ring is 3. The highest BCUT2D eigenvalue weighted by molar-refractivity contribution is 6.80. The molecule has 7 nitrogen and oxygen atoms in total. The first-order valence-electron chi connectivity index (χ1n) is 8.67. The fourth-order valence-electron chi connectivity index (χ4n) is 2.76. The highest BCUT2D eigenvalue weighted by Crippen LogP contribution is 2.07. The second-order valence-electron chi connectivity index (χ2n) is 6.20. The van der Waals surface area contributed by atoms with Gasteiger partial charge in [0.2, 0.25) is 0 Å². The lowest BCUT2D eigenvalue weighted by molar-refractivity contribution is 0.356. The first-order valence-corrected chi connectivity index (χ1v) is 8.67. The Hall–Kier alpha value is -2.91. The molecule has 0 aliphatic rings. The molecule has 28 heavy (non-hydrogen) atoms. The number of benzene rings is 3. The van der Waals surface area contributed by atoms with E-state index in [4.69, 9.17) is 26.3 Å². The van der Waals surface area contributed by atoms with Crippen molar-refractivity contribution in [3.63, 3.8) is 0 Å². The van der Waals surface area contributed by atoms with Crippen molar-refractivity contribution in [2.45, 2.75) is 0 Å². The van der Waals surface area contributed by atoms with Gasteiger partial charge < -0.3 is 36.4 Å². The molecule has 0 radical (unpaired) electrons. The van der Waals surface area contributed by atoms with E-state index in [1.165, 1.54) is 0 Å².